The van der Waals surface area contributed by atoms with Gasteiger partial charge in [0.2, 0.25) is 0 Å². The predicted molar refractivity (Wildman–Crippen MR) is 73.2 cm³/mol. The van der Waals surface area contributed by atoms with Crippen LogP contribution in [-0.2, 0) is 4.74 Å². The molecule has 6 heteroatoms. The van der Waals surface area contributed by atoms with Gasteiger partial charge >= 0.3 is 0 Å². The Morgan fingerprint density at radius 3 is 2.90 bits per heavy atom. The molecule has 4 nitrogen and oxygen atoms in total. The van der Waals surface area contributed by atoms with Gasteiger partial charge < -0.3 is 4.74 Å². The molecule has 0 aliphatic carbocycles. The van der Waals surface area contributed by atoms with Gasteiger partial charge in [-0.05, 0) is 30.2 Å². The lowest BCUT2D eigenvalue weighted by atomic mass is 10.0. The van der Waals surface area contributed by atoms with Crippen molar-refractivity contribution in [1.82, 2.24) is 10.4 Å². The molecule has 2 rings (SSSR count). The minimum absolute atomic E-state index is 0.141. The summed E-state index contributed by atoms with van der Waals surface area (Å²) in [6.45, 7) is -0.316. The number of nitrogens with zero attached hydrogens (tertiary/aromatic N) is 1. The van der Waals surface area contributed by atoms with Crippen LogP contribution in [0.3, 0.4) is 0 Å². The maximum absolute atomic E-state index is 12.0. The Morgan fingerprint density at radius 2 is 2.15 bits per heavy atom. The number of hydrazine groups is 1. The van der Waals surface area contributed by atoms with E-state index < -0.39 is 13.0 Å². The molecule has 0 fully saturated rings. The van der Waals surface area contributed by atoms with E-state index in [1.165, 1.54) is 0 Å². The second-order valence-corrected chi connectivity index (χ2v) is 4.43. The lowest BCUT2D eigenvalue weighted by Crippen LogP contribution is -2.29. The molecule has 0 amide bonds. The minimum atomic E-state index is -2.44. The minimum Gasteiger partial charge on any atom is -0.375 e. The molecule has 20 heavy (non-hydrogen) atoms. The summed E-state index contributed by atoms with van der Waals surface area (Å²) >= 11 is 0. The molecule has 3 N–H and O–H groups in total. The molecule has 0 aliphatic rings. The van der Waals surface area contributed by atoms with Crippen molar-refractivity contribution in [2.75, 3.05) is 13.2 Å². The smallest absolute Gasteiger partial charge is 0.261 e. The number of nitrogens with two attached hydrogens (primary N) is 1. The number of fused-ring (bicyclic) bond motifs is 1. The number of hydrogen-bond donors (Lipinski definition) is 2. The van der Waals surface area contributed by atoms with Crippen LogP contribution in [0.25, 0.3) is 10.9 Å². The average molecular weight is 281 g/mol. The van der Waals surface area contributed by atoms with Gasteiger partial charge in [0, 0.05) is 24.2 Å². The van der Waals surface area contributed by atoms with E-state index in [0.717, 1.165) is 16.5 Å². The van der Waals surface area contributed by atoms with Crippen LogP contribution in [0.1, 0.15) is 18.0 Å². The number of hydrogen-bond acceptors (Lipinski definition) is 4. The normalized spacial score (nSPS) is 13.0. The number of rotatable bonds is 7. The quantitative estimate of drug-likeness (QED) is 0.465. The predicted octanol–water partition coefficient (Wildman–Crippen LogP) is 2.41. The number of nitrogens with one attached hydrogen (secondary N) is 1. The Balaban J connectivity index is 2.01. The largest absolute Gasteiger partial charge is 0.375 e. The van der Waals surface area contributed by atoms with Crippen molar-refractivity contribution in [1.29, 1.82) is 0 Å². The summed E-state index contributed by atoms with van der Waals surface area (Å²) in [5, 5.41) is 1.01. The van der Waals surface area contributed by atoms with Gasteiger partial charge in [-0.3, -0.25) is 16.3 Å². The molecule has 0 radical (unpaired) electrons. The number of aromatic nitrogens is 1. The molecule has 1 unspecified atom stereocenters. The molecular formula is C14H17F2N3O. The zero-order valence-electron chi connectivity index (χ0n) is 10.9. The summed E-state index contributed by atoms with van der Waals surface area (Å²) in [7, 11) is 0. The van der Waals surface area contributed by atoms with Crippen molar-refractivity contribution in [2.45, 2.75) is 18.9 Å². The highest BCUT2D eigenvalue weighted by Gasteiger charge is 2.11. The Labute approximate surface area is 115 Å². The Hall–Kier alpha value is -1.63. The van der Waals surface area contributed by atoms with Crippen molar-refractivity contribution in [2.24, 2.45) is 5.84 Å². The van der Waals surface area contributed by atoms with Gasteiger partial charge in [0.15, 0.2) is 0 Å². The van der Waals surface area contributed by atoms with Crippen molar-refractivity contribution in [3.05, 3.63) is 42.1 Å². The lowest BCUT2D eigenvalue weighted by Gasteiger charge is -2.16. The zero-order chi connectivity index (χ0) is 14.4. The van der Waals surface area contributed by atoms with E-state index >= 15 is 0 Å². The number of alkyl halides is 2. The first kappa shape index (κ1) is 14.8. The summed E-state index contributed by atoms with van der Waals surface area (Å²) in [6, 6.07) is 9.51. The number of benzene rings is 1. The van der Waals surface area contributed by atoms with Crippen molar-refractivity contribution in [3.63, 3.8) is 0 Å². The van der Waals surface area contributed by atoms with Gasteiger partial charge in [-0.25, -0.2) is 8.78 Å². The molecule has 0 aliphatic heterocycles. The summed E-state index contributed by atoms with van der Waals surface area (Å²) < 4.78 is 28.8. The molecule has 108 valence electrons. The summed E-state index contributed by atoms with van der Waals surface area (Å²) in [6.07, 6.45) is -0.181. The maximum atomic E-state index is 12.0. The molecule has 1 aromatic heterocycles. The summed E-state index contributed by atoms with van der Waals surface area (Å²) in [5.41, 5.74) is 4.57. The van der Waals surface area contributed by atoms with Crippen LogP contribution < -0.4 is 11.3 Å². The standard InChI is InChI=1S/C14H17F2N3O/c15-14(16)9-20-7-5-13(19-17)11-3-4-12-10(8-11)2-1-6-18-12/h1-4,6,8,13-14,19H,5,7,9,17H2. The van der Waals surface area contributed by atoms with Gasteiger partial charge in [-0.2, -0.15) is 0 Å². The Kier molecular flexibility index (Phi) is 5.34. The van der Waals surface area contributed by atoms with E-state index in [-0.39, 0.29) is 12.6 Å². The lowest BCUT2D eigenvalue weighted by molar-refractivity contribution is 0.0143. The molecule has 1 heterocycles. The fourth-order valence-electron chi connectivity index (χ4n) is 2.03. The third-order valence-corrected chi connectivity index (χ3v) is 3.03. The van der Waals surface area contributed by atoms with E-state index in [9.17, 15) is 8.78 Å². The maximum Gasteiger partial charge on any atom is 0.261 e. The third-order valence-electron chi connectivity index (χ3n) is 3.03. The van der Waals surface area contributed by atoms with Crippen LogP contribution in [0.4, 0.5) is 8.78 Å². The highest BCUT2D eigenvalue weighted by atomic mass is 19.3. The van der Waals surface area contributed by atoms with Gasteiger partial charge in [0.05, 0.1) is 5.52 Å². The van der Waals surface area contributed by atoms with E-state index in [2.05, 4.69) is 10.4 Å². The van der Waals surface area contributed by atoms with E-state index in [4.69, 9.17) is 10.6 Å². The fourth-order valence-corrected chi connectivity index (χ4v) is 2.03. The van der Waals surface area contributed by atoms with Crippen molar-refractivity contribution in [3.8, 4) is 0 Å². The SMILES string of the molecule is NNC(CCOCC(F)F)c1ccc2ncccc2c1. The van der Waals surface area contributed by atoms with E-state index in [1.807, 2.05) is 30.3 Å². The second kappa shape index (κ2) is 7.23. The van der Waals surface area contributed by atoms with Crippen LogP contribution in [0.2, 0.25) is 0 Å². The molecule has 0 bridgehead atoms. The Morgan fingerprint density at radius 1 is 1.30 bits per heavy atom. The fraction of sp³-hybridized carbons (Fsp3) is 0.357. The molecule has 0 saturated carbocycles. The van der Waals surface area contributed by atoms with Gasteiger partial charge in [-0.15, -0.1) is 0 Å². The number of ether oxygens (including phenoxy) is 1. The monoisotopic (exact) mass is 281 g/mol. The van der Waals surface area contributed by atoms with E-state index in [0.29, 0.717) is 6.42 Å². The zero-order valence-corrected chi connectivity index (χ0v) is 10.9. The molecule has 0 spiro atoms. The van der Waals surface area contributed by atoms with Gasteiger partial charge in [0.1, 0.15) is 6.61 Å². The number of halogens is 2. The van der Waals surface area contributed by atoms with Crippen LogP contribution in [0.15, 0.2) is 36.5 Å². The highest BCUT2D eigenvalue weighted by Crippen LogP contribution is 2.21. The van der Waals surface area contributed by atoms with Crippen LogP contribution in [0, 0.1) is 0 Å². The molecule has 0 saturated heterocycles. The molecular weight excluding hydrogens is 264 g/mol. The van der Waals surface area contributed by atoms with E-state index in [1.54, 1.807) is 6.20 Å². The topological polar surface area (TPSA) is 60.2 Å². The number of pyridine rings is 1. The van der Waals surface area contributed by atoms with Crippen LogP contribution >= 0.6 is 0 Å². The second-order valence-electron chi connectivity index (χ2n) is 4.43. The third kappa shape index (κ3) is 3.93. The van der Waals surface area contributed by atoms with Crippen LogP contribution in [0.5, 0.6) is 0 Å². The Bertz CT molecular complexity index is 551. The molecule has 1 atom stereocenters. The van der Waals surface area contributed by atoms with Crippen molar-refractivity contribution >= 4 is 10.9 Å². The molecule has 2 aromatic rings. The first-order chi connectivity index (χ1) is 9.70. The first-order valence-corrected chi connectivity index (χ1v) is 6.37. The van der Waals surface area contributed by atoms with Gasteiger partial charge in [-0.1, -0.05) is 12.1 Å². The highest BCUT2D eigenvalue weighted by molar-refractivity contribution is 5.79. The van der Waals surface area contributed by atoms with Gasteiger partial charge in [0.25, 0.3) is 6.43 Å². The summed E-state index contributed by atoms with van der Waals surface area (Å²) in [4.78, 5) is 4.24. The summed E-state index contributed by atoms with van der Waals surface area (Å²) in [5.74, 6) is 5.52. The van der Waals surface area contributed by atoms with Crippen LogP contribution in [-0.4, -0.2) is 24.6 Å². The average Bonchev–Trinajstić information content (AvgIpc) is 2.46. The first-order valence-electron chi connectivity index (χ1n) is 6.37. The molecule has 1 aromatic carbocycles. The van der Waals surface area contributed by atoms with Crippen molar-refractivity contribution < 1.29 is 13.5 Å².